The predicted octanol–water partition coefficient (Wildman–Crippen LogP) is 2.55. The smallest absolute Gasteiger partial charge is 0.267 e. The summed E-state index contributed by atoms with van der Waals surface area (Å²) in [5.74, 6) is 5.73. The van der Waals surface area contributed by atoms with Crippen LogP contribution in [0.25, 0.3) is 16.6 Å². The molecule has 3 N–H and O–H groups in total. The SMILES string of the molecule is COc1ccc2c(c1)c(C(=O)NN)c(C)n2-c1ccccc1. The fraction of sp³-hybridized carbons (Fsp3) is 0.118. The quantitative estimate of drug-likeness (QED) is 0.443. The molecule has 5 nitrogen and oxygen atoms in total. The number of methoxy groups -OCH3 is 1. The van der Waals surface area contributed by atoms with Crippen LogP contribution in [0, 0.1) is 6.92 Å². The molecule has 0 aliphatic heterocycles. The van der Waals surface area contributed by atoms with E-state index in [-0.39, 0.29) is 5.91 Å². The van der Waals surface area contributed by atoms with Gasteiger partial charge in [0.25, 0.3) is 5.91 Å². The molecule has 112 valence electrons. The summed E-state index contributed by atoms with van der Waals surface area (Å²) < 4.78 is 7.31. The number of carbonyl (C=O) groups is 1. The van der Waals surface area contributed by atoms with Gasteiger partial charge in [-0.15, -0.1) is 0 Å². The molecule has 0 fully saturated rings. The Balaban J connectivity index is 2.38. The first-order chi connectivity index (χ1) is 10.7. The lowest BCUT2D eigenvalue weighted by Gasteiger charge is -2.08. The first kappa shape index (κ1) is 14.2. The maximum atomic E-state index is 12.2. The Labute approximate surface area is 128 Å². The number of hydrogen-bond donors (Lipinski definition) is 2. The topological polar surface area (TPSA) is 69.3 Å². The van der Waals surface area contributed by atoms with E-state index < -0.39 is 0 Å². The van der Waals surface area contributed by atoms with Gasteiger partial charge in [0.05, 0.1) is 18.2 Å². The largest absolute Gasteiger partial charge is 0.497 e. The zero-order chi connectivity index (χ0) is 15.7. The van der Waals surface area contributed by atoms with Crippen molar-refractivity contribution in [3.63, 3.8) is 0 Å². The molecule has 5 heteroatoms. The van der Waals surface area contributed by atoms with Gasteiger partial charge >= 0.3 is 0 Å². The normalized spacial score (nSPS) is 10.7. The number of rotatable bonds is 3. The maximum absolute atomic E-state index is 12.2. The molecule has 0 unspecified atom stereocenters. The highest BCUT2D eigenvalue weighted by Crippen LogP contribution is 2.31. The summed E-state index contributed by atoms with van der Waals surface area (Å²) in [7, 11) is 1.60. The van der Waals surface area contributed by atoms with Crippen LogP contribution in [0.1, 0.15) is 16.1 Å². The van der Waals surface area contributed by atoms with Crippen LogP contribution in [-0.2, 0) is 0 Å². The zero-order valence-electron chi connectivity index (χ0n) is 12.5. The molecule has 0 aliphatic rings. The first-order valence-corrected chi connectivity index (χ1v) is 6.92. The van der Waals surface area contributed by atoms with Gasteiger partial charge in [-0.05, 0) is 37.3 Å². The molecule has 0 radical (unpaired) electrons. The molecular formula is C17H17N3O2. The third-order valence-corrected chi connectivity index (χ3v) is 3.78. The average Bonchev–Trinajstić information content (AvgIpc) is 2.85. The van der Waals surface area contributed by atoms with Crippen LogP contribution in [-0.4, -0.2) is 17.6 Å². The minimum atomic E-state index is -0.314. The fourth-order valence-corrected chi connectivity index (χ4v) is 2.79. The third kappa shape index (κ3) is 2.12. The number of para-hydroxylation sites is 1. The lowest BCUT2D eigenvalue weighted by atomic mass is 10.1. The van der Waals surface area contributed by atoms with Crippen molar-refractivity contribution >= 4 is 16.8 Å². The zero-order valence-corrected chi connectivity index (χ0v) is 12.5. The average molecular weight is 295 g/mol. The van der Waals surface area contributed by atoms with Gasteiger partial charge < -0.3 is 9.30 Å². The second-order valence-corrected chi connectivity index (χ2v) is 4.99. The molecule has 1 aromatic heterocycles. The molecule has 2 aromatic carbocycles. The Morgan fingerprint density at radius 3 is 2.55 bits per heavy atom. The van der Waals surface area contributed by atoms with Crippen molar-refractivity contribution in [1.82, 2.24) is 9.99 Å². The lowest BCUT2D eigenvalue weighted by Crippen LogP contribution is -2.30. The molecule has 0 saturated heterocycles. The number of nitrogen functional groups attached to an aromatic ring is 1. The summed E-state index contributed by atoms with van der Waals surface area (Å²) in [4.78, 5) is 12.2. The Hall–Kier alpha value is -2.79. The van der Waals surface area contributed by atoms with Gasteiger partial charge in [-0.1, -0.05) is 18.2 Å². The van der Waals surface area contributed by atoms with Gasteiger partial charge in [0.15, 0.2) is 0 Å². The summed E-state index contributed by atoms with van der Waals surface area (Å²) >= 11 is 0. The molecule has 0 saturated carbocycles. The second kappa shape index (κ2) is 5.54. The fourth-order valence-electron chi connectivity index (χ4n) is 2.79. The number of hydrazine groups is 1. The van der Waals surface area contributed by atoms with Gasteiger partial charge in [0.2, 0.25) is 0 Å². The Morgan fingerprint density at radius 2 is 1.91 bits per heavy atom. The van der Waals surface area contributed by atoms with Crippen LogP contribution in [0.5, 0.6) is 5.75 Å². The predicted molar refractivity (Wildman–Crippen MR) is 86.2 cm³/mol. The van der Waals surface area contributed by atoms with E-state index in [2.05, 4.69) is 5.43 Å². The number of amides is 1. The van der Waals surface area contributed by atoms with Gasteiger partial charge in [0, 0.05) is 16.8 Å². The van der Waals surface area contributed by atoms with Crippen LogP contribution >= 0.6 is 0 Å². The number of benzene rings is 2. The van der Waals surface area contributed by atoms with Crippen LogP contribution in [0.2, 0.25) is 0 Å². The van der Waals surface area contributed by atoms with E-state index in [1.165, 1.54) is 0 Å². The standard InChI is InChI=1S/C17H17N3O2/c1-11-16(17(21)19-18)14-10-13(22-2)8-9-15(14)20(11)12-6-4-3-5-7-12/h3-10H,18H2,1-2H3,(H,19,21). The van der Waals surface area contributed by atoms with Gasteiger partial charge in [-0.25, -0.2) is 5.84 Å². The van der Waals surface area contributed by atoms with E-state index in [1.54, 1.807) is 7.11 Å². The Morgan fingerprint density at radius 1 is 1.18 bits per heavy atom. The van der Waals surface area contributed by atoms with Crippen molar-refractivity contribution in [2.45, 2.75) is 6.92 Å². The molecule has 0 spiro atoms. The summed E-state index contributed by atoms with van der Waals surface area (Å²) in [5, 5.41) is 0.809. The first-order valence-electron chi connectivity index (χ1n) is 6.92. The van der Waals surface area contributed by atoms with E-state index in [9.17, 15) is 4.79 Å². The van der Waals surface area contributed by atoms with Crippen LogP contribution in [0.4, 0.5) is 0 Å². The number of hydrogen-bond acceptors (Lipinski definition) is 3. The monoisotopic (exact) mass is 295 g/mol. The number of carbonyl (C=O) groups excluding carboxylic acids is 1. The number of nitrogens with one attached hydrogen (secondary N) is 1. The van der Waals surface area contributed by atoms with E-state index in [0.717, 1.165) is 22.3 Å². The van der Waals surface area contributed by atoms with Crippen molar-refractivity contribution in [3.8, 4) is 11.4 Å². The Kier molecular flexibility index (Phi) is 3.56. The molecule has 0 bridgehead atoms. The summed E-state index contributed by atoms with van der Waals surface area (Å²) in [6.45, 7) is 1.91. The molecule has 0 atom stereocenters. The molecule has 1 amide bonds. The van der Waals surface area contributed by atoms with Crippen molar-refractivity contribution in [2.75, 3.05) is 7.11 Å². The minimum absolute atomic E-state index is 0.314. The van der Waals surface area contributed by atoms with Crippen LogP contribution in [0.15, 0.2) is 48.5 Å². The number of nitrogens with zero attached hydrogens (tertiary/aromatic N) is 1. The van der Waals surface area contributed by atoms with E-state index in [0.29, 0.717) is 11.3 Å². The minimum Gasteiger partial charge on any atom is -0.497 e. The highest BCUT2D eigenvalue weighted by molar-refractivity contribution is 6.09. The maximum Gasteiger partial charge on any atom is 0.267 e. The molecule has 0 aliphatic carbocycles. The number of ether oxygens (including phenoxy) is 1. The van der Waals surface area contributed by atoms with Crippen molar-refractivity contribution in [3.05, 3.63) is 59.8 Å². The summed E-state index contributed by atoms with van der Waals surface area (Å²) in [6.07, 6.45) is 0. The lowest BCUT2D eigenvalue weighted by molar-refractivity contribution is 0.0954. The second-order valence-electron chi connectivity index (χ2n) is 4.99. The number of nitrogens with two attached hydrogens (primary N) is 1. The van der Waals surface area contributed by atoms with E-state index in [4.69, 9.17) is 10.6 Å². The molecule has 3 rings (SSSR count). The van der Waals surface area contributed by atoms with Gasteiger partial charge in [-0.2, -0.15) is 0 Å². The van der Waals surface area contributed by atoms with Crippen LogP contribution in [0.3, 0.4) is 0 Å². The highest BCUT2D eigenvalue weighted by atomic mass is 16.5. The molecule has 1 heterocycles. The third-order valence-electron chi connectivity index (χ3n) is 3.78. The summed E-state index contributed by atoms with van der Waals surface area (Å²) in [5.41, 5.74) is 5.54. The van der Waals surface area contributed by atoms with Crippen molar-refractivity contribution in [1.29, 1.82) is 0 Å². The number of fused-ring (bicyclic) bond motifs is 1. The number of aromatic nitrogens is 1. The van der Waals surface area contributed by atoms with Crippen LogP contribution < -0.4 is 16.0 Å². The van der Waals surface area contributed by atoms with E-state index in [1.807, 2.05) is 60.0 Å². The molecule has 22 heavy (non-hydrogen) atoms. The van der Waals surface area contributed by atoms with Gasteiger partial charge in [0.1, 0.15) is 5.75 Å². The van der Waals surface area contributed by atoms with E-state index >= 15 is 0 Å². The molecular weight excluding hydrogens is 278 g/mol. The highest BCUT2D eigenvalue weighted by Gasteiger charge is 2.20. The van der Waals surface area contributed by atoms with Crippen molar-refractivity contribution in [2.24, 2.45) is 5.84 Å². The van der Waals surface area contributed by atoms with Gasteiger partial charge in [-0.3, -0.25) is 10.2 Å². The summed E-state index contributed by atoms with van der Waals surface area (Å²) in [6, 6.07) is 15.6. The molecule has 3 aromatic rings. The Bertz CT molecular complexity index is 838. The van der Waals surface area contributed by atoms with Crippen molar-refractivity contribution < 1.29 is 9.53 Å².